The van der Waals surface area contributed by atoms with E-state index in [1.807, 2.05) is 18.2 Å². The summed E-state index contributed by atoms with van der Waals surface area (Å²) in [6.45, 7) is 1.64. The number of nitrogens with one attached hydrogen (secondary N) is 1. The standard InChI is InChI=1S/C16H15F2NO2S/c1-11(21-13-5-3-2-4-6-13)15(20)19-12-7-9-14(10-8-12)22-16(17)18/h2-11,16H,1H3,(H,19,20)/t11-/m0/s1. The van der Waals surface area contributed by atoms with Gasteiger partial charge in [-0.25, -0.2) is 0 Å². The number of carbonyl (C=O) groups excluding carboxylic acids is 1. The number of amides is 1. The van der Waals surface area contributed by atoms with Crippen molar-refractivity contribution >= 4 is 23.4 Å². The Labute approximate surface area is 131 Å². The monoisotopic (exact) mass is 323 g/mol. The number of hydrogen-bond donors (Lipinski definition) is 1. The summed E-state index contributed by atoms with van der Waals surface area (Å²) in [5.74, 6) is -2.16. The molecular weight excluding hydrogens is 308 g/mol. The molecule has 2 aromatic carbocycles. The Morgan fingerprint density at radius 3 is 2.32 bits per heavy atom. The first kappa shape index (κ1) is 16.3. The maximum Gasteiger partial charge on any atom is 0.288 e. The Bertz CT molecular complexity index is 605. The van der Waals surface area contributed by atoms with E-state index in [1.165, 1.54) is 12.1 Å². The summed E-state index contributed by atoms with van der Waals surface area (Å²) in [5.41, 5.74) is 0.534. The van der Waals surface area contributed by atoms with E-state index in [4.69, 9.17) is 4.74 Å². The molecule has 0 aliphatic rings. The molecule has 0 fully saturated rings. The van der Waals surface area contributed by atoms with Crippen molar-refractivity contribution in [1.82, 2.24) is 0 Å². The number of hydrogen-bond acceptors (Lipinski definition) is 3. The minimum Gasteiger partial charge on any atom is -0.481 e. The van der Waals surface area contributed by atoms with Gasteiger partial charge >= 0.3 is 0 Å². The predicted molar refractivity (Wildman–Crippen MR) is 83.5 cm³/mol. The molecule has 116 valence electrons. The minimum absolute atomic E-state index is 0.307. The second-order valence-corrected chi connectivity index (χ2v) is 5.53. The van der Waals surface area contributed by atoms with Gasteiger partial charge in [0.15, 0.2) is 6.10 Å². The highest BCUT2D eigenvalue weighted by atomic mass is 32.2. The minimum atomic E-state index is -2.46. The maximum atomic E-state index is 12.2. The Kier molecular flexibility index (Phi) is 5.77. The fourth-order valence-electron chi connectivity index (χ4n) is 1.72. The van der Waals surface area contributed by atoms with Gasteiger partial charge in [-0.15, -0.1) is 0 Å². The van der Waals surface area contributed by atoms with Gasteiger partial charge in [0, 0.05) is 10.6 Å². The van der Waals surface area contributed by atoms with Gasteiger partial charge in [-0.2, -0.15) is 8.78 Å². The zero-order chi connectivity index (χ0) is 15.9. The van der Waals surface area contributed by atoms with Gasteiger partial charge in [-0.05, 0) is 43.3 Å². The van der Waals surface area contributed by atoms with Crippen LogP contribution in [0.5, 0.6) is 5.75 Å². The molecule has 6 heteroatoms. The largest absolute Gasteiger partial charge is 0.481 e. The molecule has 0 aliphatic carbocycles. The van der Waals surface area contributed by atoms with Gasteiger partial charge in [-0.1, -0.05) is 30.0 Å². The molecule has 2 rings (SSSR count). The molecule has 0 bridgehead atoms. The fourth-order valence-corrected chi connectivity index (χ4v) is 2.22. The van der Waals surface area contributed by atoms with Crippen molar-refractivity contribution in [2.45, 2.75) is 23.7 Å². The fraction of sp³-hybridized carbons (Fsp3) is 0.188. The van der Waals surface area contributed by atoms with Crippen molar-refractivity contribution in [2.24, 2.45) is 0 Å². The lowest BCUT2D eigenvalue weighted by molar-refractivity contribution is -0.122. The number of benzene rings is 2. The molecule has 1 atom stereocenters. The van der Waals surface area contributed by atoms with Crippen LogP contribution in [-0.2, 0) is 4.79 Å². The Morgan fingerprint density at radius 2 is 1.73 bits per heavy atom. The second-order valence-electron chi connectivity index (χ2n) is 4.47. The van der Waals surface area contributed by atoms with Crippen LogP contribution in [0.25, 0.3) is 0 Å². The number of alkyl halides is 2. The molecule has 0 saturated heterocycles. The van der Waals surface area contributed by atoms with Crippen LogP contribution < -0.4 is 10.1 Å². The van der Waals surface area contributed by atoms with Crippen LogP contribution >= 0.6 is 11.8 Å². The molecule has 0 saturated carbocycles. The Hall–Kier alpha value is -2.08. The average molecular weight is 323 g/mol. The zero-order valence-electron chi connectivity index (χ0n) is 11.8. The molecule has 0 spiro atoms. The number of ether oxygens (including phenoxy) is 1. The summed E-state index contributed by atoms with van der Waals surface area (Å²) >= 11 is 0.463. The SMILES string of the molecule is C[C@H](Oc1ccccc1)C(=O)Nc1ccc(SC(F)F)cc1. The van der Waals surface area contributed by atoms with E-state index in [0.717, 1.165) is 0 Å². The first-order valence-corrected chi connectivity index (χ1v) is 7.50. The summed E-state index contributed by atoms with van der Waals surface area (Å²) in [6, 6.07) is 15.3. The smallest absolute Gasteiger partial charge is 0.288 e. The third kappa shape index (κ3) is 5.04. The summed E-state index contributed by atoms with van der Waals surface area (Å²) in [5, 5.41) is 2.68. The van der Waals surface area contributed by atoms with Crippen LogP contribution in [0.2, 0.25) is 0 Å². The van der Waals surface area contributed by atoms with Gasteiger partial charge in [0.25, 0.3) is 11.7 Å². The molecule has 2 aromatic rings. The molecule has 1 N–H and O–H groups in total. The number of para-hydroxylation sites is 1. The van der Waals surface area contributed by atoms with E-state index in [2.05, 4.69) is 5.32 Å². The number of halogens is 2. The van der Waals surface area contributed by atoms with E-state index >= 15 is 0 Å². The van der Waals surface area contributed by atoms with Gasteiger partial charge < -0.3 is 10.1 Å². The quantitative estimate of drug-likeness (QED) is 0.800. The first-order chi connectivity index (χ1) is 10.5. The first-order valence-electron chi connectivity index (χ1n) is 6.62. The molecule has 1 amide bonds. The van der Waals surface area contributed by atoms with E-state index in [-0.39, 0.29) is 5.91 Å². The van der Waals surface area contributed by atoms with E-state index in [1.54, 1.807) is 31.2 Å². The molecule has 0 aliphatic heterocycles. The molecule has 0 heterocycles. The van der Waals surface area contributed by atoms with Crippen molar-refractivity contribution in [3.05, 3.63) is 54.6 Å². The van der Waals surface area contributed by atoms with Crippen LogP contribution in [0.4, 0.5) is 14.5 Å². The van der Waals surface area contributed by atoms with Crippen molar-refractivity contribution in [2.75, 3.05) is 5.32 Å². The summed E-state index contributed by atoms with van der Waals surface area (Å²) < 4.78 is 30.0. The number of thioether (sulfide) groups is 1. The number of carbonyl (C=O) groups is 1. The van der Waals surface area contributed by atoms with Crippen LogP contribution in [0, 0.1) is 0 Å². The van der Waals surface area contributed by atoms with Crippen LogP contribution in [0.1, 0.15) is 6.92 Å². The lowest BCUT2D eigenvalue weighted by Crippen LogP contribution is -2.30. The predicted octanol–water partition coefficient (Wildman–Crippen LogP) is 4.41. The van der Waals surface area contributed by atoms with Gasteiger partial charge in [0.1, 0.15) is 5.75 Å². The topological polar surface area (TPSA) is 38.3 Å². The van der Waals surface area contributed by atoms with Crippen LogP contribution in [-0.4, -0.2) is 17.8 Å². The van der Waals surface area contributed by atoms with Crippen molar-refractivity contribution in [1.29, 1.82) is 0 Å². The molecule has 0 aromatic heterocycles. The molecule has 3 nitrogen and oxygen atoms in total. The van der Waals surface area contributed by atoms with E-state index in [9.17, 15) is 13.6 Å². The highest BCUT2D eigenvalue weighted by Gasteiger charge is 2.15. The lowest BCUT2D eigenvalue weighted by Gasteiger charge is -2.14. The average Bonchev–Trinajstić information content (AvgIpc) is 2.49. The molecule has 0 unspecified atom stereocenters. The molecule has 0 radical (unpaired) electrons. The number of rotatable bonds is 6. The van der Waals surface area contributed by atoms with Gasteiger partial charge in [0.05, 0.1) is 0 Å². The Balaban J connectivity index is 1.90. The highest BCUT2D eigenvalue weighted by molar-refractivity contribution is 7.99. The second kappa shape index (κ2) is 7.79. The van der Waals surface area contributed by atoms with E-state index < -0.39 is 11.9 Å². The normalized spacial score (nSPS) is 12.0. The Morgan fingerprint density at radius 1 is 1.09 bits per heavy atom. The summed E-state index contributed by atoms with van der Waals surface area (Å²) in [7, 11) is 0. The van der Waals surface area contributed by atoms with Crippen molar-refractivity contribution in [3.8, 4) is 5.75 Å². The van der Waals surface area contributed by atoms with Crippen molar-refractivity contribution < 1.29 is 18.3 Å². The zero-order valence-corrected chi connectivity index (χ0v) is 12.6. The third-order valence-corrected chi connectivity index (χ3v) is 3.49. The molecule has 22 heavy (non-hydrogen) atoms. The maximum absolute atomic E-state index is 12.2. The van der Waals surface area contributed by atoms with Crippen LogP contribution in [0.3, 0.4) is 0 Å². The van der Waals surface area contributed by atoms with E-state index in [0.29, 0.717) is 28.1 Å². The lowest BCUT2D eigenvalue weighted by atomic mass is 10.3. The van der Waals surface area contributed by atoms with Crippen LogP contribution in [0.15, 0.2) is 59.5 Å². The third-order valence-electron chi connectivity index (χ3n) is 2.77. The highest BCUT2D eigenvalue weighted by Crippen LogP contribution is 2.26. The number of anilines is 1. The van der Waals surface area contributed by atoms with Gasteiger partial charge in [0.2, 0.25) is 0 Å². The molecular formula is C16H15F2NO2S. The van der Waals surface area contributed by atoms with Crippen molar-refractivity contribution in [3.63, 3.8) is 0 Å². The van der Waals surface area contributed by atoms with Gasteiger partial charge in [-0.3, -0.25) is 4.79 Å². The summed E-state index contributed by atoms with van der Waals surface area (Å²) in [6.07, 6.45) is -0.669. The summed E-state index contributed by atoms with van der Waals surface area (Å²) in [4.78, 5) is 12.5.